The quantitative estimate of drug-likeness (QED) is 0.791. The van der Waals surface area contributed by atoms with E-state index in [9.17, 15) is 4.79 Å². The molecule has 98 valence electrons. The SMILES string of the molecule is NC1CC[C@H]2CN(C(=O)Cn3cncn3)C[C@H]2C1. The van der Waals surface area contributed by atoms with Gasteiger partial charge in [-0.3, -0.25) is 4.79 Å². The summed E-state index contributed by atoms with van der Waals surface area (Å²) in [6.07, 6.45) is 6.37. The zero-order valence-electron chi connectivity index (χ0n) is 10.4. The molecule has 1 aliphatic heterocycles. The number of fused-ring (bicyclic) bond motifs is 1. The molecule has 2 fully saturated rings. The fourth-order valence-corrected chi connectivity index (χ4v) is 3.22. The maximum atomic E-state index is 12.1. The van der Waals surface area contributed by atoms with Crippen LogP contribution in [0.5, 0.6) is 0 Å². The number of rotatable bonds is 2. The Morgan fingerprint density at radius 3 is 2.94 bits per heavy atom. The van der Waals surface area contributed by atoms with Gasteiger partial charge in [0, 0.05) is 19.1 Å². The molecule has 2 heterocycles. The van der Waals surface area contributed by atoms with Gasteiger partial charge in [-0.25, -0.2) is 9.67 Å². The summed E-state index contributed by atoms with van der Waals surface area (Å²) in [5.74, 6) is 1.40. The highest BCUT2D eigenvalue weighted by Crippen LogP contribution is 2.35. The Morgan fingerprint density at radius 1 is 1.33 bits per heavy atom. The van der Waals surface area contributed by atoms with E-state index in [-0.39, 0.29) is 5.91 Å². The minimum absolute atomic E-state index is 0.142. The number of likely N-dealkylation sites (tertiary alicyclic amines) is 1. The van der Waals surface area contributed by atoms with Crippen molar-refractivity contribution in [3.05, 3.63) is 12.7 Å². The van der Waals surface area contributed by atoms with E-state index in [4.69, 9.17) is 5.73 Å². The van der Waals surface area contributed by atoms with Gasteiger partial charge in [-0.05, 0) is 31.1 Å². The van der Waals surface area contributed by atoms with Gasteiger partial charge in [0.15, 0.2) is 0 Å². The first-order chi connectivity index (χ1) is 8.72. The Labute approximate surface area is 106 Å². The second-order valence-corrected chi connectivity index (χ2v) is 5.49. The average Bonchev–Trinajstić information content (AvgIpc) is 2.96. The van der Waals surface area contributed by atoms with Crippen LogP contribution in [0.2, 0.25) is 0 Å². The largest absolute Gasteiger partial charge is 0.341 e. The molecule has 3 rings (SSSR count). The van der Waals surface area contributed by atoms with E-state index in [1.807, 2.05) is 4.90 Å². The standard InChI is InChI=1S/C12H19N5O/c13-11-2-1-9-4-16(5-10(9)3-11)12(18)6-17-8-14-7-15-17/h7-11H,1-6,13H2/t9-,10+,11?/m0/s1. The van der Waals surface area contributed by atoms with Gasteiger partial charge in [-0.15, -0.1) is 0 Å². The second kappa shape index (κ2) is 4.68. The molecule has 6 heteroatoms. The Bertz CT molecular complexity index is 418. The molecule has 1 saturated carbocycles. The molecule has 0 spiro atoms. The fourth-order valence-electron chi connectivity index (χ4n) is 3.22. The van der Waals surface area contributed by atoms with Crippen LogP contribution in [-0.4, -0.2) is 44.7 Å². The van der Waals surface area contributed by atoms with Crippen molar-refractivity contribution in [1.29, 1.82) is 0 Å². The van der Waals surface area contributed by atoms with E-state index in [1.54, 1.807) is 11.0 Å². The molecule has 1 aromatic heterocycles. The monoisotopic (exact) mass is 249 g/mol. The van der Waals surface area contributed by atoms with Crippen LogP contribution < -0.4 is 5.73 Å². The lowest BCUT2D eigenvalue weighted by Gasteiger charge is -2.27. The predicted molar refractivity (Wildman–Crippen MR) is 65.4 cm³/mol. The fraction of sp³-hybridized carbons (Fsp3) is 0.750. The van der Waals surface area contributed by atoms with Crippen LogP contribution in [-0.2, 0) is 11.3 Å². The van der Waals surface area contributed by atoms with Crippen molar-refractivity contribution in [2.24, 2.45) is 17.6 Å². The molecule has 0 aromatic carbocycles. The number of nitrogens with zero attached hydrogens (tertiary/aromatic N) is 4. The third-order valence-corrected chi connectivity index (χ3v) is 4.21. The first-order valence-corrected chi connectivity index (χ1v) is 6.58. The van der Waals surface area contributed by atoms with Crippen molar-refractivity contribution in [2.75, 3.05) is 13.1 Å². The van der Waals surface area contributed by atoms with Gasteiger partial charge in [-0.2, -0.15) is 5.10 Å². The lowest BCUT2D eigenvalue weighted by Crippen LogP contribution is -2.33. The smallest absolute Gasteiger partial charge is 0.244 e. The topological polar surface area (TPSA) is 77.0 Å². The number of carbonyl (C=O) groups excluding carboxylic acids is 1. The van der Waals surface area contributed by atoms with Gasteiger partial charge in [0.05, 0.1) is 0 Å². The van der Waals surface area contributed by atoms with Crippen LogP contribution >= 0.6 is 0 Å². The summed E-state index contributed by atoms with van der Waals surface area (Å²) in [7, 11) is 0. The summed E-state index contributed by atoms with van der Waals surface area (Å²) < 4.78 is 1.58. The van der Waals surface area contributed by atoms with E-state index in [1.165, 1.54) is 12.7 Å². The number of hydrogen-bond donors (Lipinski definition) is 1. The molecule has 1 amide bonds. The number of nitrogens with two attached hydrogens (primary N) is 1. The predicted octanol–water partition coefficient (Wildman–Crippen LogP) is -0.136. The molecule has 2 N–H and O–H groups in total. The maximum Gasteiger partial charge on any atom is 0.244 e. The van der Waals surface area contributed by atoms with Crippen molar-refractivity contribution in [1.82, 2.24) is 19.7 Å². The lowest BCUT2D eigenvalue weighted by atomic mass is 9.79. The van der Waals surface area contributed by atoms with Crippen LogP contribution in [0.4, 0.5) is 0 Å². The van der Waals surface area contributed by atoms with Gasteiger partial charge in [0.2, 0.25) is 5.91 Å². The van der Waals surface area contributed by atoms with Crippen molar-refractivity contribution in [3.8, 4) is 0 Å². The van der Waals surface area contributed by atoms with E-state index >= 15 is 0 Å². The van der Waals surface area contributed by atoms with Crippen LogP contribution in [0.25, 0.3) is 0 Å². The Balaban J connectivity index is 1.59. The maximum absolute atomic E-state index is 12.1. The van der Waals surface area contributed by atoms with E-state index in [0.29, 0.717) is 24.4 Å². The van der Waals surface area contributed by atoms with Gasteiger partial charge < -0.3 is 10.6 Å². The van der Waals surface area contributed by atoms with Gasteiger partial charge in [0.25, 0.3) is 0 Å². The Hall–Kier alpha value is -1.43. The molecule has 6 nitrogen and oxygen atoms in total. The van der Waals surface area contributed by atoms with E-state index in [2.05, 4.69) is 10.1 Å². The minimum Gasteiger partial charge on any atom is -0.341 e. The first kappa shape index (κ1) is 11.6. The van der Waals surface area contributed by atoms with E-state index < -0.39 is 0 Å². The van der Waals surface area contributed by atoms with Crippen molar-refractivity contribution in [2.45, 2.75) is 31.8 Å². The Morgan fingerprint density at radius 2 is 2.17 bits per heavy atom. The highest BCUT2D eigenvalue weighted by Gasteiger charge is 2.38. The third-order valence-electron chi connectivity index (χ3n) is 4.21. The third kappa shape index (κ3) is 2.25. The van der Waals surface area contributed by atoms with Gasteiger partial charge in [-0.1, -0.05) is 0 Å². The van der Waals surface area contributed by atoms with Crippen LogP contribution in [0.1, 0.15) is 19.3 Å². The zero-order valence-corrected chi connectivity index (χ0v) is 10.4. The molecule has 1 saturated heterocycles. The number of hydrogen-bond acceptors (Lipinski definition) is 4. The highest BCUT2D eigenvalue weighted by atomic mass is 16.2. The normalized spacial score (nSPS) is 31.4. The molecule has 18 heavy (non-hydrogen) atoms. The van der Waals surface area contributed by atoms with Crippen molar-refractivity contribution in [3.63, 3.8) is 0 Å². The molecular weight excluding hydrogens is 230 g/mol. The van der Waals surface area contributed by atoms with Gasteiger partial charge >= 0.3 is 0 Å². The summed E-state index contributed by atoms with van der Waals surface area (Å²) in [5, 5.41) is 3.97. The number of amides is 1. The summed E-state index contributed by atoms with van der Waals surface area (Å²) in [4.78, 5) is 18.0. The van der Waals surface area contributed by atoms with E-state index in [0.717, 1.165) is 25.9 Å². The molecule has 1 aliphatic carbocycles. The second-order valence-electron chi connectivity index (χ2n) is 5.49. The lowest BCUT2D eigenvalue weighted by molar-refractivity contribution is -0.131. The summed E-state index contributed by atoms with van der Waals surface area (Å²) in [6, 6.07) is 0.330. The van der Waals surface area contributed by atoms with Crippen molar-refractivity contribution < 1.29 is 4.79 Å². The van der Waals surface area contributed by atoms with Gasteiger partial charge in [0.1, 0.15) is 19.2 Å². The zero-order chi connectivity index (χ0) is 12.5. The average molecular weight is 249 g/mol. The first-order valence-electron chi connectivity index (χ1n) is 6.58. The highest BCUT2D eigenvalue weighted by molar-refractivity contribution is 5.76. The summed E-state index contributed by atoms with van der Waals surface area (Å²) in [5.41, 5.74) is 6.00. The van der Waals surface area contributed by atoms with Crippen LogP contribution in [0, 0.1) is 11.8 Å². The molecule has 2 aliphatic rings. The summed E-state index contributed by atoms with van der Waals surface area (Å²) in [6.45, 7) is 2.06. The molecule has 0 radical (unpaired) electrons. The molecule has 0 bridgehead atoms. The van der Waals surface area contributed by atoms with Crippen LogP contribution in [0.3, 0.4) is 0 Å². The van der Waals surface area contributed by atoms with Crippen molar-refractivity contribution >= 4 is 5.91 Å². The molecular formula is C12H19N5O. The Kier molecular flexibility index (Phi) is 3.03. The molecule has 1 aromatic rings. The number of aromatic nitrogens is 3. The number of carbonyl (C=O) groups is 1. The minimum atomic E-state index is 0.142. The molecule has 1 unspecified atom stereocenters. The molecule has 3 atom stereocenters. The van der Waals surface area contributed by atoms with Crippen LogP contribution in [0.15, 0.2) is 12.7 Å². The summed E-state index contributed by atoms with van der Waals surface area (Å²) >= 11 is 0.